The Balaban J connectivity index is 0. The van der Waals surface area contributed by atoms with E-state index >= 15 is 0 Å². The van der Waals surface area contributed by atoms with E-state index in [1.807, 2.05) is 0 Å². The van der Waals surface area contributed by atoms with E-state index in [1.54, 1.807) is 6.92 Å². The number of rotatable bonds is 5. The molecule has 0 rings (SSSR count). The lowest BCUT2D eigenvalue weighted by Crippen LogP contribution is -2.64. The molecule has 0 aliphatic carbocycles. The SMILES string of the molecule is C=CC(=O)OCC.CC(F)(C(F)(F)C(F)(F)C(F)(F)F)S(N)(=O)=O. The zero-order valence-electron chi connectivity index (χ0n) is 12.1. The number of esters is 1. The molecule has 0 aromatic heterocycles. The van der Waals surface area contributed by atoms with Gasteiger partial charge in [-0.2, -0.15) is 30.7 Å². The molecule has 0 bridgehead atoms. The second-order valence-electron chi connectivity index (χ2n) is 4.06. The number of hydrogen-bond donors (Lipinski definition) is 1. The number of primary sulfonamides is 1. The first-order valence-corrected chi connectivity index (χ1v) is 7.18. The zero-order chi connectivity index (χ0) is 20.2. The van der Waals surface area contributed by atoms with Crippen molar-refractivity contribution in [3.8, 4) is 0 Å². The maximum Gasteiger partial charge on any atom is 0.460 e. The molecule has 0 aliphatic rings. The van der Waals surface area contributed by atoms with Gasteiger partial charge in [0.15, 0.2) is 0 Å². The second-order valence-corrected chi connectivity index (χ2v) is 5.92. The summed E-state index contributed by atoms with van der Waals surface area (Å²) in [6.45, 7) is 4.70. The topological polar surface area (TPSA) is 86.5 Å². The molecule has 2 N–H and O–H groups in total. The lowest BCUT2D eigenvalue weighted by Gasteiger charge is -2.34. The maximum absolute atomic E-state index is 13.0. The summed E-state index contributed by atoms with van der Waals surface area (Å²) in [7, 11) is -6.00. The number of alkyl halides is 8. The van der Waals surface area contributed by atoms with Crippen LogP contribution in [0.15, 0.2) is 12.7 Å². The average molecular weight is 395 g/mol. The molecule has 14 heteroatoms. The van der Waals surface area contributed by atoms with Crippen LogP contribution in [0.25, 0.3) is 0 Å². The molecule has 1 atom stereocenters. The second kappa shape index (κ2) is 7.63. The summed E-state index contributed by atoms with van der Waals surface area (Å²) in [6, 6.07) is 0. The van der Waals surface area contributed by atoms with E-state index in [-0.39, 0.29) is 5.97 Å². The van der Waals surface area contributed by atoms with Gasteiger partial charge in [0.2, 0.25) is 0 Å². The lowest BCUT2D eigenvalue weighted by atomic mass is 10.1. The third kappa shape index (κ3) is 5.03. The summed E-state index contributed by atoms with van der Waals surface area (Å²) >= 11 is 0. The fourth-order valence-corrected chi connectivity index (χ4v) is 1.32. The van der Waals surface area contributed by atoms with E-state index < -0.39 is 40.0 Å². The van der Waals surface area contributed by atoms with Crippen LogP contribution in [0.1, 0.15) is 13.8 Å². The number of nitrogens with two attached hydrogens (primary N) is 1. The zero-order valence-corrected chi connectivity index (χ0v) is 13.0. The summed E-state index contributed by atoms with van der Waals surface area (Å²) in [6.07, 6.45) is -5.70. The van der Waals surface area contributed by atoms with Gasteiger partial charge in [0, 0.05) is 6.08 Å². The molecule has 24 heavy (non-hydrogen) atoms. The van der Waals surface area contributed by atoms with Gasteiger partial charge in [0.25, 0.3) is 15.0 Å². The number of carbonyl (C=O) groups is 1. The van der Waals surface area contributed by atoms with Crippen LogP contribution < -0.4 is 5.14 Å². The predicted octanol–water partition coefficient (Wildman–Crippen LogP) is 2.53. The summed E-state index contributed by atoms with van der Waals surface area (Å²) in [5.41, 5.74) is 0. The number of carbonyl (C=O) groups excluding carboxylic acids is 1. The smallest absolute Gasteiger partial charge is 0.460 e. The molecule has 0 fully saturated rings. The van der Waals surface area contributed by atoms with Crippen molar-refractivity contribution in [3.63, 3.8) is 0 Å². The predicted molar refractivity (Wildman–Crippen MR) is 65.4 cm³/mol. The molecule has 0 aliphatic heterocycles. The summed E-state index contributed by atoms with van der Waals surface area (Å²) in [5, 5.41) is -1.42. The largest absolute Gasteiger partial charge is 0.463 e. The van der Waals surface area contributed by atoms with E-state index in [2.05, 4.69) is 16.5 Å². The van der Waals surface area contributed by atoms with Crippen molar-refractivity contribution in [2.75, 3.05) is 6.61 Å². The molecule has 0 aromatic carbocycles. The first-order valence-electron chi connectivity index (χ1n) is 5.64. The van der Waals surface area contributed by atoms with E-state index in [4.69, 9.17) is 0 Å². The van der Waals surface area contributed by atoms with Crippen molar-refractivity contribution in [3.05, 3.63) is 12.7 Å². The standard InChI is InChI=1S/C5H5F8NO2S.C5H8O2/c1-2(6,17(14,15)16)3(7,8)4(9,10)5(11,12)13;1-3-5(6)7-4-2/h1H3,(H2,14,15,16);3H,1,4H2,2H3. The fraction of sp³-hybridized carbons (Fsp3) is 0.700. The van der Waals surface area contributed by atoms with Crippen LogP contribution in [0.3, 0.4) is 0 Å². The Morgan fingerprint density at radius 3 is 1.62 bits per heavy atom. The van der Waals surface area contributed by atoms with E-state index in [0.717, 1.165) is 6.08 Å². The van der Waals surface area contributed by atoms with Crippen molar-refractivity contribution < 1.29 is 53.1 Å². The molecule has 0 spiro atoms. The Labute approximate surface area is 131 Å². The number of ether oxygens (including phenoxy) is 1. The third-order valence-electron chi connectivity index (χ3n) is 2.30. The van der Waals surface area contributed by atoms with Gasteiger partial charge >= 0.3 is 24.0 Å². The minimum Gasteiger partial charge on any atom is -0.463 e. The van der Waals surface area contributed by atoms with Crippen molar-refractivity contribution in [2.24, 2.45) is 5.14 Å². The highest BCUT2D eigenvalue weighted by Gasteiger charge is 2.82. The van der Waals surface area contributed by atoms with Crippen molar-refractivity contribution in [2.45, 2.75) is 36.9 Å². The van der Waals surface area contributed by atoms with E-state index in [0.29, 0.717) is 6.61 Å². The Morgan fingerprint density at radius 1 is 1.08 bits per heavy atom. The quantitative estimate of drug-likeness (QED) is 0.440. The number of hydrogen-bond acceptors (Lipinski definition) is 4. The highest BCUT2D eigenvalue weighted by atomic mass is 32.2. The number of sulfonamides is 1. The highest BCUT2D eigenvalue weighted by molar-refractivity contribution is 7.90. The minimum atomic E-state index is -6.89. The minimum absolute atomic E-state index is 0.359. The molecule has 0 saturated heterocycles. The van der Waals surface area contributed by atoms with Gasteiger partial charge in [-0.1, -0.05) is 6.58 Å². The van der Waals surface area contributed by atoms with Gasteiger partial charge in [-0.25, -0.2) is 22.7 Å². The maximum atomic E-state index is 13.0. The molecule has 0 saturated carbocycles. The van der Waals surface area contributed by atoms with Crippen LogP contribution in [-0.4, -0.2) is 44.0 Å². The molecule has 0 radical (unpaired) electrons. The van der Waals surface area contributed by atoms with Gasteiger partial charge in [-0.05, 0) is 13.8 Å². The molecule has 5 nitrogen and oxygen atoms in total. The van der Waals surface area contributed by atoms with E-state index in [9.17, 15) is 48.3 Å². The van der Waals surface area contributed by atoms with Gasteiger partial charge in [0.1, 0.15) is 0 Å². The van der Waals surface area contributed by atoms with Crippen molar-refractivity contribution in [1.82, 2.24) is 0 Å². The van der Waals surface area contributed by atoms with Crippen LogP contribution in [0, 0.1) is 0 Å². The molecular formula is C10H13F8NO4S. The van der Waals surface area contributed by atoms with E-state index in [1.165, 1.54) is 0 Å². The van der Waals surface area contributed by atoms with Crippen LogP contribution in [0.5, 0.6) is 0 Å². The Bertz CT molecular complexity index is 556. The van der Waals surface area contributed by atoms with Crippen molar-refractivity contribution in [1.29, 1.82) is 0 Å². The molecular weight excluding hydrogens is 382 g/mol. The average Bonchev–Trinajstić information content (AvgIpc) is 2.36. The Kier molecular flexibility index (Phi) is 7.89. The molecule has 0 heterocycles. The Morgan fingerprint density at radius 2 is 1.46 bits per heavy atom. The van der Waals surface area contributed by atoms with Crippen LogP contribution in [-0.2, 0) is 19.6 Å². The lowest BCUT2D eigenvalue weighted by molar-refractivity contribution is -0.369. The molecule has 0 amide bonds. The molecule has 144 valence electrons. The highest BCUT2D eigenvalue weighted by Crippen LogP contribution is 2.53. The number of halogens is 8. The fourth-order valence-electron chi connectivity index (χ4n) is 0.838. The summed E-state index contributed by atoms with van der Waals surface area (Å²) < 4.78 is 123. The Hall–Kier alpha value is -1.44. The summed E-state index contributed by atoms with van der Waals surface area (Å²) in [4.78, 5) is 10.1. The van der Waals surface area contributed by atoms with Gasteiger partial charge in [-0.15, -0.1) is 0 Å². The van der Waals surface area contributed by atoms with Crippen LogP contribution >= 0.6 is 0 Å². The van der Waals surface area contributed by atoms with Crippen LogP contribution in [0.2, 0.25) is 0 Å². The molecule has 0 aromatic rings. The van der Waals surface area contributed by atoms with Gasteiger partial charge < -0.3 is 4.74 Å². The molecule has 1 unspecified atom stereocenters. The van der Waals surface area contributed by atoms with Gasteiger partial charge in [0.05, 0.1) is 6.61 Å². The monoisotopic (exact) mass is 395 g/mol. The first kappa shape index (κ1) is 24.8. The van der Waals surface area contributed by atoms with Crippen molar-refractivity contribution >= 4 is 16.0 Å². The van der Waals surface area contributed by atoms with Gasteiger partial charge in [-0.3, -0.25) is 0 Å². The first-order chi connectivity index (χ1) is 10.3. The third-order valence-corrected chi connectivity index (χ3v) is 3.62. The normalized spacial score (nSPS) is 15.6. The van der Waals surface area contributed by atoms with Crippen LogP contribution in [0.4, 0.5) is 35.1 Å². The summed E-state index contributed by atoms with van der Waals surface area (Å²) in [5.74, 6) is -13.8.